The van der Waals surface area contributed by atoms with E-state index in [1.807, 2.05) is 37.4 Å². The molecule has 2 rings (SSSR count). The van der Waals surface area contributed by atoms with E-state index in [0.717, 1.165) is 31.9 Å². The number of carbonyl (C=O) groups is 1. The van der Waals surface area contributed by atoms with E-state index in [2.05, 4.69) is 11.9 Å². The van der Waals surface area contributed by atoms with Gasteiger partial charge in [0.05, 0.1) is 19.3 Å². The van der Waals surface area contributed by atoms with E-state index in [-0.39, 0.29) is 12.0 Å². The molecule has 0 radical (unpaired) electrons. The number of nitrogens with zero attached hydrogens (tertiary/aromatic N) is 2. The van der Waals surface area contributed by atoms with E-state index >= 15 is 0 Å². The number of ether oxygens (including phenoxy) is 2. The molecule has 1 amide bonds. The highest BCUT2D eigenvalue weighted by molar-refractivity contribution is 5.75. The summed E-state index contributed by atoms with van der Waals surface area (Å²) >= 11 is 0. The minimum absolute atomic E-state index is 0.119. The fourth-order valence-electron chi connectivity index (χ4n) is 2.51. The van der Waals surface area contributed by atoms with E-state index in [1.54, 1.807) is 4.90 Å². The maximum Gasteiger partial charge on any atom is 0.222 e. The Bertz CT molecular complexity index is 452. The van der Waals surface area contributed by atoms with Crippen LogP contribution in [0.5, 0.6) is 5.75 Å². The first-order valence-corrected chi connectivity index (χ1v) is 7.87. The topological polar surface area (TPSA) is 42.0 Å². The van der Waals surface area contributed by atoms with Crippen LogP contribution in [0.2, 0.25) is 0 Å². The average Bonchev–Trinajstić information content (AvgIpc) is 2.52. The van der Waals surface area contributed by atoms with Crippen molar-refractivity contribution >= 4 is 5.91 Å². The van der Waals surface area contributed by atoms with Gasteiger partial charge >= 0.3 is 0 Å². The Morgan fingerprint density at radius 1 is 1.41 bits per heavy atom. The van der Waals surface area contributed by atoms with Crippen LogP contribution in [0.15, 0.2) is 30.3 Å². The molecule has 0 aromatic heterocycles. The Morgan fingerprint density at radius 2 is 2.18 bits per heavy atom. The fraction of sp³-hybridized carbons (Fsp3) is 0.588. The third-order valence-corrected chi connectivity index (χ3v) is 3.79. The lowest BCUT2D eigenvalue weighted by atomic mass is 10.2. The highest BCUT2D eigenvalue weighted by Gasteiger charge is 2.21. The third-order valence-electron chi connectivity index (χ3n) is 3.79. The van der Waals surface area contributed by atoms with Crippen LogP contribution in [0.4, 0.5) is 0 Å². The smallest absolute Gasteiger partial charge is 0.222 e. The van der Waals surface area contributed by atoms with Crippen LogP contribution in [0.25, 0.3) is 0 Å². The van der Waals surface area contributed by atoms with Gasteiger partial charge < -0.3 is 19.3 Å². The normalized spacial score (nSPS) is 18.9. The molecule has 1 aliphatic heterocycles. The van der Waals surface area contributed by atoms with E-state index in [1.165, 1.54) is 0 Å². The largest absolute Gasteiger partial charge is 0.494 e. The van der Waals surface area contributed by atoms with Gasteiger partial charge in [-0.3, -0.25) is 4.79 Å². The van der Waals surface area contributed by atoms with Gasteiger partial charge in [-0.15, -0.1) is 0 Å². The highest BCUT2D eigenvalue weighted by Crippen LogP contribution is 2.10. The van der Waals surface area contributed by atoms with Crippen LogP contribution >= 0.6 is 0 Å². The second kappa shape index (κ2) is 8.76. The predicted molar refractivity (Wildman–Crippen MR) is 86.0 cm³/mol. The third kappa shape index (κ3) is 5.66. The number of hydrogen-bond acceptors (Lipinski definition) is 4. The van der Waals surface area contributed by atoms with Gasteiger partial charge in [-0.2, -0.15) is 0 Å². The van der Waals surface area contributed by atoms with Crippen molar-refractivity contribution in [2.75, 3.05) is 46.9 Å². The van der Waals surface area contributed by atoms with Crippen molar-refractivity contribution in [1.29, 1.82) is 0 Å². The lowest BCUT2D eigenvalue weighted by Gasteiger charge is -2.32. The summed E-state index contributed by atoms with van der Waals surface area (Å²) in [6, 6.07) is 9.68. The Hall–Kier alpha value is -1.59. The van der Waals surface area contributed by atoms with Crippen LogP contribution in [0, 0.1) is 0 Å². The van der Waals surface area contributed by atoms with E-state index in [4.69, 9.17) is 9.47 Å². The Kier molecular flexibility index (Phi) is 6.68. The summed E-state index contributed by atoms with van der Waals surface area (Å²) < 4.78 is 11.3. The van der Waals surface area contributed by atoms with Gasteiger partial charge in [0.2, 0.25) is 5.91 Å². The number of morpholine rings is 1. The molecule has 0 aliphatic carbocycles. The van der Waals surface area contributed by atoms with Crippen LogP contribution in [0.3, 0.4) is 0 Å². The molecule has 1 saturated heterocycles. The minimum atomic E-state index is 0.119. The minimum Gasteiger partial charge on any atom is -0.494 e. The summed E-state index contributed by atoms with van der Waals surface area (Å²) in [4.78, 5) is 16.1. The van der Waals surface area contributed by atoms with E-state index in [0.29, 0.717) is 19.6 Å². The zero-order valence-corrected chi connectivity index (χ0v) is 13.5. The first-order valence-electron chi connectivity index (χ1n) is 7.87. The molecule has 1 unspecified atom stereocenters. The number of hydrogen-bond donors (Lipinski definition) is 0. The van der Waals surface area contributed by atoms with Crippen molar-refractivity contribution in [3.8, 4) is 5.75 Å². The monoisotopic (exact) mass is 306 g/mol. The molecule has 0 N–H and O–H groups in total. The van der Waals surface area contributed by atoms with Crippen LogP contribution < -0.4 is 4.74 Å². The van der Waals surface area contributed by atoms with Gasteiger partial charge in [-0.1, -0.05) is 18.2 Å². The molecular formula is C17H26N2O3. The molecule has 0 saturated carbocycles. The fourth-order valence-corrected chi connectivity index (χ4v) is 2.51. The van der Waals surface area contributed by atoms with Gasteiger partial charge in [0.25, 0.3) is 0 Å². The number of amides is 1. The predicted octanol–water partition coefficient (Wildman–Crippen LogP) is 1.63. The zero-order valence-electron chi connectivity index (χ0n) is 13.5. The molecule has 122 valence electrons. The summed E-state index contributed by atoms with van der Waals surface area (Å²) in [6.45, 7) is 3.81. The van der Waals surface area contributed by atoms with Crippen molar-refractivity contribution < 1.29 is 14.3 Å². The zero-order chi connectivity index (χ0) is 15.8. The lowest BCUT2D eigenvalue weighted by Crippen LogP contribution is -2.46. The number of likely N-dealkylation sites (N-methyl/N-ethyl adjacent to an activating group) is 2. The van der Waals surface area contributed by atoms with Crippen molar-refractivity contribution in [1.82, 2.24) is 9.80 Å². The molecule has 1 heterocycles. The standard InChI is InChI=1S/C17H26N2O3/c1-18-10-12-22-16(13-18)14-19(2)17(20)9-6-11-21-15-7-4-3-5-8-15/h3-5,7-8,16H,6,9-14H2,1-2H3. The van der Waals surface area contributed by atoms with Gasteiger partial charge in [0.1, 0.15) is 5.75 Å². The summed E-state index contributed by atoms with van der Waals surface area (Å²) in [5.74, 6) is 0.996. The Balaban J connectivity index is 1.62. The van der Waals surface area contributed by atoms with Crippen LogP contribution in [-0.2, 0) is 9.53 Å². The van der Waals surface area contributed by atoms with Crippen LogP contribution in [0.1, 0.15) is 12.8 Å². The summed E-state index contributed by atoms with van der Waals surface area (Å²) in [7, 11) is 3.93. The first-order chi connectivity index (χ1) is 10.6. The van der Waals surface area contributed by atoms with Crippen molar-refractivity contribution in [3.63, 3.8) is 0 Å². The molecule has 1 aliphatic rings. The number of benzene rings is 1. The molecule has 1 aromatic carbocycles. The number of para-hydroxylation sites is 1. The second-order valence-electron chi connectivity index (χ2n) is 5.79. The summed E-state index contributed by atoms with van der Waals surface area (Å²) in [5.41, 5.74) is 0. The quantitative estimate of drug-likeness (QED) is 0.718. The summed E-state index contributed by atoms with van der Waals surface area (Å²) in [6.07, 6.45) is 1.35. The van der Waals surface area contributed by atoms with Crippen molar-refractivity contribution in [3.05, 3.63) is 30.3 Å². The number of rotatable bonds is 7. The van der Waals surface area contributed by atoms with Crippen LogP contribution in [-0.4, -0.2) is 68.8 Å². The Labute approximate surface area is 132 Å². The van der Waals surface area contributed by atoms with Gasteiger partial charge in [0.15, 0.2) is 0 Å². The van der Waals surface area contributed by atoms with E-state index in [9.17, 15) is 4.79 Å². The Morgan fingerprint density at radius 3 is 2.91 bits per heavy atom. The first kappa shape index (κ1) is 16.8. The molecule has 5 nitrogen and oxygen atoms in total. The molecule has 5 heteroatoms. The second-order valence-corrected chi connectivity index (χ2v) is 5.79. The maximum atomic E-state index is 12.1. The molecule has 0 spiro atoms. The maximum absolute atomic E-state index is 12.1. The highest BCUT2D eigenvalue weighted by atomic mass is 16.5. The SMILES string of the molecule is CN1CCOC(CN(C)C(=O)CCCOc2ccccc2)C1. The molecule has 0 bridgehead atoms. The van der Waals surface area contributed by atoms with Crippen molar-refractivity contribution in [2.24, 2.45) is 0 Å². The average molecular weight is 306 g/mol. The molecular weight excluding hydrogens is 280 g/mol. The van der Waals surface area contributed by atoms with Crippen molar-refractivity contribution in [2.45, 2.75) is 18.9 Å². The van der Waals surface area contributed by atoms with Gasteiger partial charge in [-0.05, 0) is 25.6 Å². The number of carbonyl (C=O) groups excluding carboxylic acids is 1. The molecule has 22 heavy (non-hydrogen) atoms. The molecule has 1 aromatic rings. The van der Waals surface area contributed by atoms with Gasteiger partial charge in [-0.25, -0.2) is 0 Å². The van der Waals surface area contributed by atoms with Gasteiger partial charge in [0, 0.05) is 33.1 Å². The van der Waals surface area contributed by atoms with E-state index < -0.39 is 0 Å². The molecule has 1 atom stereocenters. The molecule has 1 fully saturated rings. The lowest BCUT2D eigenvalue weighted by molar-refractivity contribution is -0.133. The summed E-state index contributed by atoms with van der Waals surface area (Å²) in [5, 5.41) is 0.